The normalized spacial score (nSPS) is 13.3. The highest BCUT2D eigenvalue weighted by Crippen LogP contribution is 2.27. The van der Waals surface area contributed by atoms with Gasteiger partial charge in [-0.05, 0) is 12.1 Å². The molecule has 8 heteroatoms. The van der Waals surface area contributed by atoms with Gasteiger partial charge in [0, 0.05) is 0 Å². The Labute approximate surface area is 119 Å². The number of nitrogens with two attached hydrogens (primary N) is 1. The molecule has 0 heterocycles. The molecule has 1 unspecified atom stereocenters. The van der Waals surface area contributed by atoms with Crippen molar-refractivity contribution in [3.05, 3.63) is 28.8 Å². The number of benzene rings is 1. The van der Waals surface area contributed by atoms with E-state index in [4.69, 9.17) is 27.5 Å². The number of nitrogens with one attached hydrogen (secondary N) is 1. The van der Waals surface area contributed by atoms with E-state index in [1.165, 1.54) is 18.2 Å². The number of anilines is 1. The maximum atomic E-state index is 10.9. The molecule has 1 rings (SSSR count). The van der Waals surface area contributed by atoms with E-state index in [1.807, 2.05) is 0 Å². The first kappa shape index (κ1) is 15.9. The number of hydrogen-bond acceptors (Lipinski definition) is 5. The molecule has 5 N–H and O–H groups in total. The molecule has 1 aromatic carbocycles. The Balaban J connectivity index is 3.04. The lowest BCUT2D eigenvalue weighted by molar-refractivity contribution is -0.137. The standard InChI is InChI=1S/C12H13ClN2O5/c13-11-6(12(19)20)2-1-3-8(11)15-9(4-10(17)18)7(14)5-16/h1-3,5,7,9,15H,4,14H2,(H,17,18)(H,19,20)/t7-,9?/m1/s1. The van der Waals surface area contributed by atoms with Crippen molar-refractivity contribution in [1.29, 1.82) is 0 Å². The molecule has 1 aromatic rings. The van der Waals surface area contributed by atoms with Crippen molar-refractivity contribution in [2.45, 2.75) is 18.5 Å². The number of aromatic carboxylic acids is 1. The van der Waals surface area contributed by atoms with E-state index in [0.717, 1.165) is 0 Å². The van der Waals surface area contributed by atoms with Crippen LogP contribution in [0.2, 0.25) is 5.02 Å². The van der Waals surface area contributed by atoms with Gasteiger partial charge >= 0.3 is 11.9 Å². The first-order valence-corrected chi connectivity index (χ1v) is 5.95. The first-order chi connectivity index (χ1) is 9.36. The van der Waals surface area contributed by atoms with E-state index in [0.29, 0.717) is 6.29 Å². The van der Waals surface area contributed by atoms with Crippen LogP contribution in [0.15, 0.2) is 18.2 Å². The van der Waals surface area contributed by atoms with Gasteiger partial charge in [-0.15, -0.1) is 0 Å². The van der Waals surface area contributed by atoms with Crippen molar-refractivity contribution < 1.29 is 24.6 Å². The molecule has 0 bridgehead atoms. The summed E-state index contributed by atoms with van der Waals surface area (Å²) in [5.74, 6) is -2.36. The van der Waals surface area contributed by atoms with E-state index >= 15 is 0 Å². The van der Waals surface area contributed by atoms with Crippen molar-refractivity contribution in [2.75, 3.05) is 5.32 Å². The fourth-order valence-corrected chi connectivity index (χ4v) is 1.84. The number of aldehydes is 1. The quantitative estimate of drug-likeness (QED) is 0.548. The molecule has 0 aliphatic rings. The van der Waals surface area contributed by atoms with Crippen molar-refractivity contribution in [1.82, 2.24) is 0 Å². The lowest BCUT2D eigenvalue weighted by Crippen LogP contribution is -2.43. The number of carbonyl (C=O) groups is 3. The molecule has 0 fully saturated rings. The van der Waals surface area contributed by atoms with Gasteiger partial charge in [0.1, 0.15) is 6.29 Å². The maximum Gasteiger partial charge on any atom is 0.337 e. The number of halogens is 1. The van der Waals surface area contributed by atoms with E-state index in [9.17, 15) is 14.4 Å². The third-order valence-corrected chi connectivity index (χ3v) is 2.99. The summed E-state index contributed by atoms with van der Waals surface area (Å²) in [6, 6.07) is 2.27. The molecule has 0 saturated carbocycles. The van der Waals surface area contributed by atoms with Crippen LogP contribution in [0, 0.1) is 0 Å². The van der Waals surface area contributed by atoms with Crippen molar-refractivity contribution in [3.8, 4) is 0 Å². The summed E-state index contributed by atoms with van der Waals surface area (Å²) in [6.07, 6.45) is 0.00307. The number of carbonyl (C=O) groups excluding carboxylic acids is 1. The Bertz CT molecular complexity index is 535. The second kappa shape index (κ2) is 6.88. The van der Waals surface area contributed by atoms with Crippen LogP contribution in [-0.2, 0) is 9.59 Å². The lowest BCUT2D eigenvalue weighted by atomic mass is 10.1. The van der Waals surface area contributed by atoms with Crippen LogP contribution in [0.4, 0.5) is 5.69 Å². The number of rotatable bonds is 7. The fourth-order valence-electron chi connectivity index (χ4n) is 1.57. The SMILES string of the molecule is N[C@H](C=O)C(CC(=O)O)Nc1cccc(C(=O)O)c1Cl. The third-order valence-electron chi connectivity index (χ3n) is 2.59. The molecule has 2 atom stereocenters. The first-order valence-electron chi connectivity index (χ1n) is 5.57. The molecular weight excluding hydrogens is 288 g/mol. The van der Waals surface area contributed by atoms with Gasteiger partial charge in [0.15, 0.2) is 0 Å². The predicted octanol–water partition coefficient (Wildman–Crippen LogP) is 0.820. The Morgan fingerprint density at radius 2 is 2.05 bits per heavy atom. The fraction of sp³-hybridized carbons (Fsp3) is 0.250. The zero-order valence-corrected chi connectivity index (χ0v) is 11.0. The van der Waals surface area contributed by atoms with E-state index in [2.05, 4.69) is 5.32 Å². The molecule has 0 aliphatic carbocycles. The lowest BCUT2D eigenvalue weighted by Gasteiger charge is -2.21. The number of hydrogen-bond donors (Lipinski definition) is 4. The van der Waals surface area contributed by atoms with Gasteiger partial charge in [-0.1, -0.05) is 17.7 Å². The Kier molecular flexibility index (Phi) is 5.48. The summed E-state index contributed by atoms with van der Waals surface area (Å²) in [7, 11) is 0. The minimum atomic E-state index is -1.21. The summed E-state index contributed by atoms with van der Waals surface area (Å²) in [4.78, 5) is 32.4. The molecule has 0 aromatic heterocycles. The Morgan fingerprint density at radius 1 is 1.40 bits per heavy atom. The second-order valence-corrected chi connectivity index (χ2v) is 4.41. The van der Waals surface area contributed by atoms with Crippen LogP contribution in [0.5, 0.6) is 0 Å². The monoisotopic (exact) mass is 300 g/mol. The van der Waals surface area contributed by atoms with Gasteiger partial charge < -0.3 is 26.1 Å². The minimum absolute atomic E-state index is 0.0755. The Morgan fingerprint density at radius 3 is 2.55 bits per heavy atom. The summed E-state index contributed by atoms with van der Waals surface area (Å²) >= 11 is 5.91. The summed E-state index contributed by atoms with van der Waals surface area (Å²) in [5.41, 5.74) is 5.58. The summed E-state index contributed by atoms with van der Waals surface area (Å²) < 4.78 is 0. The second-order valence-electron chi connectivity index (χ2n) is 4.03. The highest BCUT2D eigenvalue weighted by atomic mass is 35.5. The molecule has 7 nitrogen and oxygen atoms in total. The molecule has 108 valence electrons. The summed E-state index contributed by atoms with van der Waals surface area (Å²) in [6.45, 7) is 0. The number of aliphatic carboxylic acids is 1. The van der Waals surface area contributed by atoms with E-state index < -0.39 is 30.4 Å². The van der Waals surface area contributed by atoms with E-state index in [1.54, 1.807) is 0 Å². The largest absolute Gasteiger partial charge is 0.481 e. The molecule has 0 radical (unpaired) electrons. The van der Waals surface area contributed by atoms with Crippen molar-refractivity contribution in [3.63, 3.8) is 0 Å². The van der Waals surface area contributed by atoms with Crippen LogP contribution in [0.3, 0.4) is 0 Å². The van der Waals surface area contributed by atoms with Crippen LogP contribution in [-0.4, -0.2) is 40.5 Å². The highest BCUT2D eigenvalue weighted by molar-refractivity contribution is 6.36. The Hall–Kier alpha value is -2.12. The smallest absolute Gasteiger partial charge is 0.337 e. The maximum absolute atomic E-state index is 10.9. The zero-order valence-electron chi connectivity index (χ0n) is 10.2. The average molecular weight is 301 g/mol. The van der Waals surface area contributed by atoms with Gasteiger partial charge in [0.05, 0.1) is 34.8 Å². The number of carboxylic acid groups (broad SMARTS) is 2. The average Bonchev–Trinajstić information content (AvgIpc) is 2.38. The van der Waals surface area contributed by atoms with Gasteiger partial charge in [0.2, 0.25) is 0 Å². The van der Waals surface area contributed by atoms with Gasteiger partial charge in [0.25, 0.3) is 0 Å². The van der Waals surface area contributed by atoms with Crippen LogP contribution in [0.1, 0.15) is 16.8 Å². The molecule has 0 spiro atoms. The molecule has 0 amide bonds. The molecule has 0 saturated heterocycles. The van der Waals surface area contributed by atoms with Crippen LogP contribution in [0.25, 0.3) is 0 Å². The number of carboxylic acids is 2. The van der Waals surface area contributed by atoms with Gasteiger partial charge in [-0.2, -0.15) is 0 Å². The van der Waals surface area contributed by atoms with Crippen molar-refractivity contribution >= 4 is 35.5 Å². The molecular formula is C12H13ClN2O5. The summed E-state index contributed by atoms with van der Waals surface area (Å²) in [5, 5.41) is 20.3. The third kappa shape index (κ3) is 3.94. The molecule has 0 aliphatic heterocycles. The minimum Gasteiger partial charge on any atom is -0.481 e. The molecule has 20 heavy (non-hydrogen) atoms. The van der Waals surface area contributed by atoms with Crippen LogP contribution < -0.4 is 11.1 Å². The predicted molar refractivity (Wildman–Crippen MR) is 72.1 cm³/mol. The van der Waals surface area contributed by atoms with Crippen LogP contribution >= 0.6 is 11.6 Å². The highest BCUT2D eigenvalue weighted by Gasteiger charge is 2.22. The zero-order chi connectivity index (χ0) is 15.3. The van der Waals surface area contributed by atoms with E-state index in [-0.39, 0.29) is 16.3 Å². The topological polar surface area (TPSA) is 130 Å². The van der Waals surface area contributed by atoms with Gasteiger partial charge in [-0.25, -0.2) is 4.79 Å². The van der Waals surface area contributed by atoms with Crippen molar-refractivity contribution in [2.24, 2.45) is 5.73 Å². The van der Waals surface area contributed by atoms with Gasteiger partial charge in [-0.3, -0.25) is 4.79 Å².